The number of hydrogen-bond donors (Lipinski definition) is 3. The van der Waals surface area contributed by atoms with Crippen molar-refractivity contribution in [2.45, 2.75) is 6.92 Å². The molecule has 0 radical (unpaired) electrons. The quantitative estimate of drug-likeness (QED) is 0.351. The smallest absolute Gasteiger partial charge is 0.288 e. The maximum Gasteiger partial charge on any atom is 0.288 e. The van der Waals surface area contributed by atoms with Gasteiger partial charge < -0.3 is 5.11 Å². The van der Waals surface area contributed by atoms with E-state index >= 15 is 0 Å². The molecule has 3 N–H and O–H groups in total. The molecule has 0 aliphatic heterocycles. The predicted octanol–water partition coefficient (Wildman–Crippen LogP) is 3.52. The van der Waals surface area contributed by atoms with Gasteiger partial charge in [0.1, 0.15) is 11.4 Å². The Morgan fingerprint density at radius 1 is 0.893 bits per heavy atom. The Kier molecular flexibility index (Phi) is 6.15. The Bertz CT molecular complexity index is 1070. The number of fused-ring (bicyclic) bond motifs is 1. The number of nitrogens with one attached hydrogen (secondary N) is 2. The molecule has 3 rings (SSSR count). The van der Waals surface area contributed by atoms with Crippen LogP contribution in [0.15, 0.2) is 88.7 Å². The van der Waals surface area contributed by atoms with Crippen molar-refractivity contribution < 1.29 is 9.90 Å². The van der Waals surface area contributed by atoms with Gasteiger partial charge in [-0.2, -0.15) is 10.2 Å². The third-order valence-corrected chi connectivity index (χ3v) is 4.01. The maximum absolute atomic E-state index is 12.2. The Hall–Kier alpha value is -3.93. The zero-order valence-corrected chi connectivity index (χ0v) is 15.3. The summed E-state index contributed by atoms with van der Waals surface area (Å²) in [6.45, 7) is 1.72. The van der Waals surface area contributed by atoms with Crippen LogP contribution in [0.5, 0.6) is 5.75 Å². The Morgan fingerprint density at radius 3 is 2.39 bits per heavy atom. The molecule has 0 spiro atoms. The first-order chi connectivity index (χ1) is 13.7. The Morgan fingerprint density at radius 2 is 1.61 bits per heavy atom. The number of para-hydroxylation sites is 1. The van der Waals surface area contributed by atoms with Gasteiger partial charge in [0.2, 0.25) is 0 Å². The molecule has 140 valence electrons. The van der Waals surface area contributed by atoms with E-state index in [0.29, 0.717) is 5.56 Å². The number of aromatic hydroxyl groups is 1. The standard InChI is InChI=1S/C22H20N4O2/c1-2-20(22(28)26-24-15-19-9-5-6-10-21(19)27)25-23-14-16-11-12-17-7-3-4-8-18(17)13-16/h2-15,25,27H,1H3,(H,26,28)/b20-2-,23-14+,24-15+. The van der Waals surface area contributed by atoms with Crippen LogP contribution in [0, 0.1) is 0 Å². The number of hydrogen-bond acceptors (Lipinski definition) is 5. The van der Waals surface area contributed by atoms with Crippen molar-refractivity contribution in [3.05, 3.63) is 89.6 Å². The molecule has 0 unspecified atom stereocenters. The van der Waals surface area contributed by atoms with Crippen molar-refractivity contribution >= 4 is 29.1 Å². The zero-order chi connectivity index (χ0) is 19.8. The molecule has 3 aromatic carbocycles. The van der Waals surface area contributed by atoms with E-state index in [9.17, 15) is 9.90 Å². The third kappa shape index (κ3) is 4.82. The minimum absolute atomic E-state index is 0.0878. The van der Waals surface area contributed by atoms with Crippen molar-refractivity contribution in [1.29, 1.82) is 0 Å². The molecule has 0 heterocycles. The molecule has 0 aliphatic carbocycles. The molecule has 0 saturated carbocycles. The minimum Gasteiger partial charge on any atom is -0.507 e. The fourth-order valence-electron chi connectivity index (χ4n) is 2.53. The predicted molar refractivity (Wildman–Crippen MR) is 112 cm³/mol. The fourth-order valence-corrected chi connectivity index (χ4v) is 2.53. The summed E-state index contributed by atoms with van der Waals surface area (Å²) in [6.07, 6.45) is 4.62. The highest BCUT2D eigenvalue weighted by Gasteiger charge is 2.06. The monoisotopic (exact) mass is 372 g/mol. The van der Waals surface area contributed by atoms with Crippen LogP contribution in [0.2, 0.25) is 0 Å². The van der Waals surface area contributed by atoms with Gasteiger partial charge in [0, 0.05) is 5.56 Å². The van der Waals surface area contributed by atoms with Gasteiger partial charge in [-0.05, 0) is 41.5 Å². The lowest BCUT2D eigenvalue weighted by molar-refractivity contribution is -0.117. The van der Waals surface area contributed by atoms with E-state index in [1.54, 1.807) is 43.5 Å². The Balaban J connectivity index is 1.59. The SMILES string of the molecule is C/C=C(\N/N=C/c1ccc2ccccc2c1)C(=O)N/N=C/c1ccccc1O. The van der Waals surface area contributed by atoms with E-state index in [4.69, 9.17) is 0 Å². The summed E-state index contributed by atoms with van der Waals surface area (Å²) in [5.41, 5.74) is 6.80. The summed E-state index contributed by atoms with van der Waals surface area (Å²) < 4.78 is 0. The lowest BCUT2D eigenvalue weighted by Gasteiger charge is -2.04. The highest BCUT2D eigenvalue weighted by molar-refractivity contribution is 5.94. The first-order valence-electron chi connectivity index (χ1n) is 8.73. The minimum atomic E-state index is -0.440. The molecule has 0 fully saturated rings. The van der Waals surface area contributed by atoms with Gasteiger partial charge in [0.15, 0.2) is 0 Å². The lowest BCUT2D eigenvalue weighted by Crippen LogP contribution is -2.26. The van der Waals surface area contributed by atoms with Crippen molar-refractivity contribution in [3.63, 3.8) is 0 Å². The van der Waals surface area contributed by atoms with Gasteiger partial charge in [-0.15, -0.1) is 0 Å². The fraction of sp³-hybridized carbons (Fsp3) is 0.0455. The molecule has 28 heavy (non-hydrogen) atoms. The molecule has 1 amide bonds. The van der Waals surface area contributed by atoms with E-state index in [1.807, 2.05) is 42.5 Å². The van der Waals surface area contributed by atoms with E-state index in [2.05, 4.69) is 21.1 Å². The summed E-state index contributed by atoms with van der Waals surface area (Å²) in [7, 11) is 0. The summed E-state index contributed by atoms with van der Waals surface area (Å²) in [5, 5.41) is 19.9. The molecule has 0 atom stereocenters. The number of amides is 1. The number of phenols is 1. The molecule has 0 saturated heterocycles. The first kappa shape index (κ1) is 18.8. The molecule has 0 aromatic heterocycles. The van der Waals surface area contributed by atoms with Crippen LogP contribution >= 0.6 is 0 Å². The number of hydrazone groups is 2. The maximum atomic E-state index is 12.2. The van der Waals surface area contributed by atoms with Gasteiger partial charge in [-0.1, -0.05) is 54.6 Å². The second-order valence-electron chi connectivity index (χ2n) is 5.94. The van der Waals surface area contributed by atoms with Gasteiger partial charge in [0.25, 0.3) is 5.91 Å². The average molecular weight is 372 g/mol. The normalized spacial score (nSPS) is 12.0. The highest BCUT2D eigenvalue weighted by Crippen LogP contribution is 2.14. The number of carbonyl (C=O) groups excluding carboxylic acids is 1. The van der Waals surface area contributed by atoms with Crippen molar-refractivity contribution in [2.75, 3.05) is 0 Å². The number of nitrogens with zero attached hydrogens (tertiary/aromatic N) is 2. The molecule has 6 nitrogen and oxygen atoms in total. The van der Waals surface area contributed by atoms with Gasteiger partial charge in [-0.25, -0.2) is 5.43 Å². The first-order valence-corrected chi connectivity index (χ1v) is 8.73. The van der Waals surface area contributed by atoms with Crippen LogP contribution in [0.25, 0.3) is 10.8 Å². The van der Waals surface area contributed by atoms with Crippen LogP contribution in [0.3, 0.4) is 0 Å². The summed E-state index contributed by atoms with van der Waals surface area (Å²) in [4.78, 5) is 12.2. The zero-order valence-electron chi connectivity index (χ0n) is 15.3. The molecular formula is C22H20N4O2. The molecular weight excluding hydrogens is 352 g/mol. The number of phenolic OH excluding ortho intramolecular Hbond substituents is 1. The largest absolute Gasteiger partial charge is 0.507 e. The second-order valence-corrected chi connectivity index (χ2v) is 5.94. The van der Waals surface area contributed by atoms with Crippen molar-refractivity contribution in [2.24, 2.45) is 10.2 Å². The number of carbonyl (C=O) groups is 1. The van der Waals surface area contributed by atoms with Gasteiger partial charge >= 0.3 is 0 Å². The second kappa shape index (κ2) is 9.14. The number of allylic oxidation sites excluding steroid dienone is 1. The van der Waals surface area contributed by atoms with Crippen LogP contribution < -0.4 is 10.9 Å². The Labute approximate surface area is 162 Å². The summed E-state index contributed by atoms with van der Waals surface area (Å²) >= 11 is 0. The third-order valence-electron chi connectivity index (χ3n) is 4.01. The van der Waals surface area contributed by atoms with E-state index in [-0.39, 0.29) is 11.4 Å². The number of benzene rings is 3. The topological polar surface area (TPSA) is 86.1 Å². The molecule has 3 aromatic rings. The van der Waals surface area contributed by atoms with Crippen LogP contribution in [-0.4, -0.2) is 23.4 Å². The molecule has 6 heteroatoms. The summed E-state index contributed by atoms with van der Waals surface area (Å²) in [6, 6.07) is 20.8. The molecule has 0 bridgehead atoms. The van der Waals surface area contributed by atoms with E-state index < -0.39 is 5.91 Å². The van der Waals surface area contributed by atoms with E-state index in [1.165, 1.54) is 6.21 Å². The average Bonchev–Trinajstić information content (AvgIpc) is 2.72. The lowest BCUT2D eigenvalue weighted by atomic mass is 10.1. The van der Waals surface area contributed by atoms with Gasteiger partial charge in [-0.3, -0.25) is 10.2 Å². The molecule has 0 aliphatic rings. The number of rotatable bonds is 6. The van der Waals surface area contributed by atoms with E-state index in [0.717, 1.165) is 16.3 Å². The van der Waals surface area contributed by atoms with Crippen LogP contribution in [-0.2, 0) is 4.79 Å². The van der Waals surface area contributed by atoms with Crippen molar-refractivity contribution in [1.82, 2.24) is 10.9 Å². The van der Waals surface area contributed by atoms with Crippen LogP contribution in [0.4, 0.5) is 0 Å². The van der Waals surface area contributed by atoms with Crippen molar-refractivity contribution in [3.8, 4) is 5.75 Å². The highest BCUT2D eigenvalue weighted by atomic mass is 16.3. The van der Waals surface area contributed by atoms with Crippen LogP contribution in [0.1, 0.15) is 18.1 Å². The van der Waals surface area contributed by atoms with Gasteiger partial charge in [0.05, 0.1) is 12.4 Å². The summed E-state index contributed by atoms with van der Waals surface area (Å²) in [5.74, 6) is -0.352.